The SMILES string of the molecule is SCCC#Cc1cccc(CBr)c1. The molecule has 0 bridgehead atoms. The van der Waals surface area contributed by atoms with Gasteiger partial charge in [0.1, 0.15) is 0 Å². The number of alkyl halides is 1. The second kappa shape index (κ2) is 6.12. The number of hydrogen-bond donors (Lipinski definition) is 1. The maximum atomic E-state index is 4.10. The van der Waals surface area contributed by atoms with E-state index in [0.29, 0.717) is 0 Å². The zero-order valence-corrected chi connectivity index (χ0v) is 9.74. The molecule has 0 radical (unpaired) electrons. The van der Waals surface area contributed by atoms with E-state index < -0.39 is 0 Å². The van der Waals surface area contributed by atoms with Crippen LogP contribution in [0.2, 0.25) is 0 Å². The molecule has 1 rings (SSSR count). The number of benzene rings is 1. The van der Waals surface area contributed by atoms with Gasteiger partial charge in [0.15, 0.2) is 0 Å². The van der Waals surface area contributed by atoms with Gasteiger partial charge in [-0.15, -0.1) is 0 Å². The minimum atomic E-state index is 0.825. The summed E-state index contributed by atoms with van der Waals surface area (Å²) in [5, 5.41) is 0.884. The molecule has 0 saturated heterocycles. The second-order valence-electron chi connectivity index (χ2n) is 2.61. The first-order valence-corrected chi connectivity index (χ1v) is 5.87. The molecule has 0 fully saturated rings. The summed E-state index contributed by atoms with van der Waals surface area (Å²) in [6.07, 6.45) is 0.849. The standard InChI is InChI=1S/C11H11BrS/c12-9-11-6-3-5-10(8-11)4-1-2-7-13/h3,5-6,8,13H,2,7,9H2. The third kappa shape index (κ3) is 3.89. The summed E-state index contributed by atoms with van der Waals surface area (Å²) in [5.41, 5.74) is 2.34. The molecule has 0 spiro atoms. The summed E-state index contributed by atoms with van der Waals surface area (Å²) in [5.74, 6) is 6.99. The van der Waals surface area contributed by atoms with Gasteiger partial charge in [0, 0.05) is 23.1 Å². The van der Waals surface area contributed by atoms with Gasteiger partial charge in [0.25, 0.3) is 0 Å². The van der Waals surface area contributed by atoms with Crippen LogP contribution in [0.1, 0.15) is 17.5 Å². The van der Waals surface area contributed by atoms with Crippen LogP contribution in [0, 0.1) is 11.8 Å². The Kier molecular flexibility index (Phi) is 5.03. The van der Waals surface area contributed by atoms with E-state index in [1.165, 1.54) is 5.56 Å². The van der Waals surface area contributed by atoms with Crippen molar-refractivity contribution < 1.29 is 0 Å². The van der Waals surface area contributed by atoms with E-state index in [2.05, 4.69) is 52.5 Å². The van der Waals surface area contributed by atoms with E-state index in [9.17, 15) is 0 Å². The van der Waals surface area contributed by atoms with E-state index >= 15 is 0 Å². The van der Waals surface area contributed by atoms with Crippen LogP contribution in [0.25, 0.3) is 0 Å². The van der Waals surface area contributed by atoms with Crippen molar-refractivity contribution in [2.45, 2.75) is 11.8 Å². The van der Waals surface area contributed by atoms with E-state index in [1.54, 1.807) is 0 Å². The Morgan fingerprint density at radius 1 is 1.38 bits per heavy atom. The third-order valence-electron chi connectivity index (χ3n) is 1.55. The molecule has 1 aromatic carbocycles. The molecule has 0 heterocycles. The maximum Gasteiger partial charge on any atom is 0.0283 e. The molecule has 0 saturated carbocycles. The maximum absolute atomic E-state index is 4.10. The zero-order valence-electron chi connectivity index (χ0n) is 7.26. The average molecular weight is 255 g/mol. The largest absolute Gasteiger partial charge is 0.178 e. The Labute approximate surface area is 93.3 Å². The van der Waals surface area contributed by atoms with Crippen LogP contribution in [-0.2, 0) is 5.33 Å². The first kappa shape index (κ1) is 10.7. The first-order valence-electron chi connectivity index (χ1n) is 4.11. The lowest BCUT2D eigenvalue weighted by molar-refractivity contribution is 1.31. The Morgan fingerprint density at radius 2 is 2.23 bits per heavy atom. The normalized spacial score (nSPS) is 9.08. The highest BCUT2D eigenvalue weighted by Crippen LogP contribution is 2.07. The summed E-state index contributed by atoms with van der Waals surface area (Å²) < 4.78 is 0. The summed E-state index contributed by atoms with van der Waals surface area (Å²) >= 11 is 7.51. The molecular weight excluding hydrogens is 244 g/mol. The van der Waals surface area contributed by atoms with E-state index in [1.807, 2.05) is 12.1 Å². The number of rotatable bonds is 2. The van der Waals surface area contributed by atoms with Crippen molar-refractivity contribution in [1.29, 1.82) is 0 Å². The van der Waals surface area contributed by atoms with Crippen molar-refractivity contribution in [1.82, 2.24) is 0 Å². The fraction of sp³-hybridized carbons (Fsp3) is 0.273. The molecule has 13 heavy (non-hydrogen) atoms. The van der Waals surface area contributed by atoms with E-state index in [0.717, 1.165) is 23.1 Å². The van der Waals surface area contributed by atoms with Crippen molar-refractivity contribution in [3.8, 4) is 11.8 Å². The van der Waals surface area contributed by atoms with Crippen LogP contribution >= 0.6 is 28.6 Å². The van der Waals surface area contributed by atoms with Crippen molar-refractivity contribution >= 4 is 28.6 Å². The van der Waals surface area contributed by atoms with E-state index in [-0.39, 0.29) is 0 Å². The number of halogens is 1. The zero-order chi connectivity index (χ0) is 9.52. The molecular formula is C11H11BrS. The topological polar surface area (TPSA) is 0 Å². The molecule has 0 aliphatic carbocycles. The van der Waals surface area contributed by atoms with Gasteiger partial charge in [-0.25, -0.2) is 0 Å². The highest BCUT2D eigenvalue weighted by atomic mass is 79.9. The van der Waals surface area contributed by atoms with Crippen LogP contribution in [0.5, 0.6) is 0 Å². The lowest BCUT2D eigenvalue weighted by Gasteiger charge is -1.94. The highest BCUT2D eigenvalue weighted by molar-refractivity contribution is 9.08. The summed E-state index contributed by atoms with van der Waals surface area (Å²) in [7, 11) is 0. The van der Waals surface area contributed by atoms with Gasteiger partial charge in [0.2, 0.25) is 0 Å². The van der Waals surface area contributed by atoms with Gasteiger partial charge in [-0.2, -0.15) is 12.6 Å². The van der Waals surface area contributed by atoms with Crippen LogP contribution in [-0.4, -0.2) is 5.75 Å². The molecule has 0 amide bonds. The first-order chi connectivity index (χ1) is 6.36. The van der Waals surface area contributed by atoms with Gasteiger partial charge in [0.05, 0.1) is 0 Å². The molecule has 68 valence electrons. The lowest BCUT2D eigenvalue weighted by Crippen LogP contribution is -1.79. The predicted octanol–water partition coefficient (Wildman–Crippen LogP) is 3.25. The van der Waals surface area contributed by atoms with Crippen molar-refractivity contribution in [2.75, 3.05) is 5.75 Å². The Morgan fingerprint density at radius 3 is 2.92 bits per heavy atom. The summed E-state index contributed by atoms with van der Waals surface area (Å²) in [6, 6.07) is 8.23. The fourth-order valence-corrected chi connectivity index (χ4v) is 1.41. The molecule has 0 aliphatic heterocycles. The van der Waals surface area contributed by atoms with Crippen molar-refractivity contribution in [3.05, 3.63) is 35.4 Å². The predicted molar refractivity (Wildman–Crippen MR) is 64.4 cm³/mol. The molecule has 0 N–H and O–H groups in total. The van der Waals surface area contributed by atoms with Crippen molar-refractivity contribution in [2.24, 2.45) is 0 Å². The molecule has 0 nitrogen and oxygen atoms in total. The number of hydrogen-bond acceptors (Lipinski definition) is 1. The minimum Gasteiger partial charge on any atom is -0.178 e. The monoisotopic (exact) mass is 254 g/mol. The molecule has 0 unspecified atom stereocenters. The summed E-state index contributed by atoms with van der Waals surface area (Å²) in [4.78, 5) is 0. The van der Waals surface area contributed by atoms with Crippen LogP contribution in [0.3, 0.4) is 0 Å². The van der Waals surface area contributed by atoms with Gasteiger partial charge < -0.3 is 0 Å². The minimum absolute atomic E-state index is 0.825. The van der Waals surface area contributed by atoms with Crippen LogP contribution < -0.4 is 0 Å². The van der Waals surface area contributed by atoms with Gasteiger partial charge in [-0.3, -0.25) is 0 Å². The van der Waals surface area contributed by atoms with E-state index in [4.69, 9.17) is 0 Å². The molecule has 0 atom stereocenters. The van der Waals surface area contributed by atoms with Gasteiger partial charge >= 0.3 is 0 Å². The molecule has 0 aromatic heterocycles. The smallest absolute Gasteiger partial charge is 0.0283 e. The molecule has 1 aromatic rings. The molecule has 2 heteroatoms. The fourth-order valence-electron chi connectivity index (χ4n) is 0.953. The average Bonchev–Trinajstić information content (AvgIpc) is 2.19. The van der Waals surface area contributed by atoms with Gasteiger partial charge in [-0.1, -0.05) is 39.9 Å². The highest BCUT2D eigenvalue weighted by Gasteiger charge is 1.90. The Hall–Kier alpha value is -0.390. The quantitative estimate of drug-likeness (QED) is 0.468. The summed E-state index contributed by atoms with van der Waals surface area (Å²) in [6.45, 7) is 0. The second-order valence-corrected chi connectivity index (χ2v) is 3.62. The Bertz CT molecular complexity index is 322. The lowest BCUT2D eigenvalue weighted by atomic mass is 10.1. The van der Waals surface area contributed by atoms with Crippen molar-refractivity contribution in [3.63, 3.8) is 0 Å². The number of thiol groups is 1. The van der Waals surface area contributed by atoms with Gasteiger partial charge in [-0.05, 0) is 17.7 Å². The molecule has 0 aliphatic rings. The van der Waals surface area contributed by atoms with Crippen LogP contribution in [0.15, 0.2) is 24.3 Å². The Balaban J connectivity index is 2.73. The third-order valence-corrected chi connectivity index (χ3v) is 2.42. The van der Waals surface area contributed by atoms with Crippen LogP contribution in [0.4, 0.5) is 0 Å².